The second-order valence-corrected chi connectivity index (χ2v) is 5.03. The first kappa shape index (κ1) is 12.1. The average molecular weight is 224 g/mol. The maximum atomic E-state index is 11.3. The molecule has 1 rings (SSSR count). The first-order valence-electron chi connectivity index (χ1n) is 5.04. The fourth-order valence-electron chi connectivity index (χ4n) is 1.43. The lowest BCUT2D eigenvalue weighted by molar-refractivity contribution is -0.116. The second kappa shape index (κ2) is 6.51. The Hall–Kier alpha value is -0.960. The summed E-state index contributed by atoms with van der Waals surface area (Å²) < 4.78 is 10.8. The van der Waals surface area contributed by atoms with Crippen LogP contribution in [0.2, 0.25) is 0 Å². The molecule has 82 valence electrons. The Balaban J connectivity index is 2.22. The molecular weight excluding hydrogens is 208 g/mol. The van der Waals surface area contributed by atoms with Crippen LogP contribution in [-0.4, -0.2) is 22.0 Å². The molecule has 1 atom stereocenters. The molecule has 0 radical (unpaired) electrons. The maximum absolute atomic E-state index is 11.3. The zero-order valence-electron chi connectivity index (χ0n) is 8.94. The largest absolute Gasteiger partial charge is 0.299 e. The van der Waals surface area contributed by atoms with E-state index in [1.54, 1.807) is 6.26 Å². The number of carbonyl (C=O) groups excluding carboxylic acids is 1. The number of hydrogen-bond donors (Lipinski definition) is 0. The van der Waals surface area contributed by atoms with Gasteiger partial charge in [-0.3, -0.25) is 9.00 Å². The van der Waals surface area contributed by atoms with Crippen LogP contribution in [0.5, 0.6) is 0 Å². The molecule has 0 bridgehead atoms. The normalized spacial score (nSPS) is 12.3. The molecule has 0 amide bonds. The maximum Gasteiger partial charge on any atom is 0.145 e. The highest BCUT2D eigenvalue weighted by Gasteiger charge is 2.03. The van der Waals surface area contributed by atoms with Crippen molar-refractivity contribution in [3.05, 3.63) is 35.9 Å². The number of aryl methyl sites for hydroxylation is 1. The Morgan fingerprint density at radius 3 is 2.53 bits per heavy atom. The molecule has 1 unspecified atom stereocenters. The van der Waals surface area contributed by atoms with Gasteiger partial charge in [-0.2, -0.15) is 0 Å². The summed E-state index contributed by atoms with van der Waals surface area (Å²) in [6, 6.07) is 10.1. The van der Waals surface area contributed by atoms with Gasteiger partial charge in [-0.05, 0) is 18.4 Å². The first-order chi connectivity index (χ1) is 7.18. The minimum absolute atomic E-state index is 0.103. The van der Waals surface area contributed by atoms with Crippen molar-refractivity contribution in [1.29, 1.82) is 0 Å². The van der Waals surface area contributed by atoms with Crippen molar-refractivity contribution in [1.82, 2.24) is 0 Å². The summed E-state index contributed by atoms with van der Waals surface area (Å²) in [6.45, 7) is 0. The lowest BCUT2D eigenvalue weighted by atomic mass is 10.1. The van der Waals surface area contributed by atoms with E-state index in [1.165, 1.54) is 5.56 Å². The van der Waals surface area contributed by atoms with E-state index in [1.807, 2.05) is 18.2 Å². The molecule has 0 saturated carbocycles. The van der Waals surface area contributed by atoms with Gasteiger partial charge in [-0.15, -0.1) is 0 Å². The van der Waals surface area contributed by atoms with Crippen molar-refractivity contribution < 1.29 is 9.00 Å². The van der Waals surface area contributed by atoms with Crippen LogP contribution in [0.25, 0.3) is 0 Å². The number of ketones is 1. The van der Waals surface area contributed by atoms with Gasteiger partial charge in [-0.1, -0.05) is 30.3 Å². The summed E-state index contributed by atoms with van der Waals surface area (Å²) in [5.41, 5.74) is 1.25. The molecule has 2 nitrogen and oxygen atoms in total. The van der Waals surface area contributed by atoms with Gasteiger partial charge in [0.1, 0.15) is 5.78 Å². The second-order valence-electron chi connectivity index (χ2n) is 3.60. The summed E-state index contributed by atoms with van der Waals surface area (Å²) in [4.78, 5) is 11.3. The molecule has 0 fully saturated rings. The average Bonchev–Trinajstić information content (AvgIpc) is 2.18. The van der Waals surface area contributed by atoms with Crippen LogP contribution in [-0.2, 0) is 22.0 Å². The summed E-state index contributed by atoms with van der Waals surface area (Å²) in [6.07, 6.45) is 3.87. The van der Waals surface area contributed by atoms with Gasteiger partial charge < -0.3 is 0 Å². The van der Waals surface area contributed by atoms with Crippen LogP contribution < -0.4 is 0 Å². The SMILES string of the molecule is CS(=O)CC(=O)CCCc1ccccc1. The lowest BCUT2D eigenvalue weighted by Crippen LogP contribution is -2.09. The van der Waals surface area contributed by atoms with Crippen molar-refractivity contribution in [2.45, 2.75) is 19.3 Å². The van der Waals surface area contributed by atoms with Crippen LogP contribution in [0.3, 0.4) is 0 Å². The minimum Gasteiger partial charge on any atom is -0.299 e. The van der Waals surface area contributed by atoms with Gasteiger partial charge in [-0.25, -0.2) is 0 Å². The van der Waals surface area contributed by atoms with Crippen molar-refractivity contribution in [3.8, 4) is 0 Å². The highest BCUT2D eigenvalue weighted by atomic mass is 32.2. The minimum atomic E-state index is -0.993. The first-order valence-corrected chi connectivity index (χ1v) is 6.77. The van der Waals surface area contributed by atoms with Gasteiger partial charge in [0, 0.05) is 23.5 Å². The predicted octanol–water partition coefficient (Wildman–Crippen LogP) is 1.96. The van der Waals surface area contributed by atoms with Gasteiger partial charge in [0.25, 0.3) is 0 Å². The number of hydrogen-bond acceptors (Lipinski definition) is 2. The van der Waals surface area contributed by atoms with E-state index in [9.17, 15) is 9.00 Å². The van der Waals surface area contributed by atoms with Gasteiger partial charge >= 0.3 is 0 Å². The monoisotopic (exact) mass is 224 g/mol. The Labute approximate surface area is 93.2 Å². The third-order valence-corrected chi connectivity index (χ3v) is 2.86. The Bertz CT molecular complexity index is 333. The van der Waals surface area contributed by atoms with Gasteiger partial charge in [0.05, 0.1) is 5.75 Å². The standard InChI is InChI=1S/C12H16O2S/c1-15(14)10-12(13)9-5-8-11-6-3-2-4-7-11/h2-4,6-7H,5,8-10H2,1H3. The highest BCUT2D eigenvalue weighted by Crippen LogP contribution is 2.04. The van der Waals surface area contributed by atoms with E-state index in [0.29, 0.717) is 6.42 Å². The van der Waals surface area contributed by atoms with E-state index in [-0.39, 0.29) is 11.5 Å². The highest BCUT2D eigenvalue weighted by molar-refractivity contribution is 7.85. The van der Waals surface area contributed by atoms with Crippen LogP contribution >= 0.6 is 0 Å². The van der Waals surface area contributed by atoms with E-state index in [2.05, 4.69) is 12.1 Å². The van der Waals surface area contributed by atoms with Crippen LogP contribution in [0, 0.1) is 0 Å². The smallest absolute Gasteiger partial charge is 0.145 e. The fourth-order valence-corrected chi connectivity index (χ4v) is 2.03. The molecule has 0 saturated heterocycles. The predicted molar refractivity (Wildman–Crippen MR) is 63.3 cm³/mol. The molecule has 0 aliphatic carbocycles. The Kier molecular flexibility index (Phi) is 5.26. The molecule has 0 aromatic heterocycles. The van der Waals surface area contributed by atoms with E-state index in [4.69, 9.17) is 0 Å². The Morgan fingerprint density at radius 2 is 1.93 bits per heavy atom. The topological polar surface area (TPSA) is 34.1 Å². The molecule has 1 aromatic rings. The molecular formula is C12H16O2S. The number of Topliss-reactive ketones (excluding diaryl/α,β-unsaturated/α-hetero) is 1. The molecule has 0 aliphatic heterocycles. The molecule has 0 spiro atoms. The van der Waals surface area contributed by atoms with Crippen LogP contribution in [0.15, 0.2) is 30.3 Å². The summed E-state index contributed by atoms with van der Waals surface area (Å²) in [5.74, 6) is 0.307. The zero-order valence-corrected chi connectivity index (χ0v) is 9.76. The van der Waals surface area contributed by atoms with Gasteiger partial charge in [0.15, 0.2) is 0 Å². The van der Waals surface area contributed by atoms with Crippen molar-refractivity contribution in [2.75, 3.05) is 12.0 Å². The molecule has 15 heavy (non-hydrogen) atoms. The lowest BCUT2D eigenvalue weighted by Gasteiger charge is -2.00. The van der Waals surface area contributed by atoms with E-state index >= 15 is 0 Å². The van der Waals surface area contributed by atoms with Crippen molar-refractivity contribution in [3.63, 3.8) is 0 Å². The van der Waals surface area contributed by atoms with E-state index < -0.39 is 10.8 Å². The summed E-state index contributed by atoms with van der Waals surface area (Å²) in [7, 11) is -0.993. The van der Waals surface area contributed by atoms with E-state index in [0.717, 1.165) is 12.8 Å². The zero-order chi connectivity index (χ0) is 11.1. The van der Waals surface area contributed by atoms with Crippen LogP contribution in [0.4, 0.5) is 0 Å². The quantitative estimate of drug-likeness (QED) is 0.740. The number of benzene rings is 1. The third-order valence-electron chi connectivity index (χ3n) is 2.13. The number of rotatable bonds is 6. The summed E-state index contributed by atoms with van der Waals surface area (Å²) >= 11 is 0. The molecule has 0 N–H and O–H groups in total. The van der Waals surface area contributed by atoms with Crippen molar-refractivity contribution >= 4 is 16.6 Å². The molecule has 0 aliphatic rings. The molecule has 1 aromatic carbocycles. The third kappa shape index (κ3) is 5.47. The molecule has 3 heteroatoms. The number of carbonyl (C=O) groups is 1. The van der Waals surface area contributed by atoms with Gasteiger partial charge in [0.2, 0.25) is 0 Å². The fraction of sp³-hybridized carbons (Fsp3) is 0.417. The summed E-state index contributed by atoms with van der Waals surface area (Å²) in [5, 5.41) is 0. The Morgan fingerprint density at radius 1 is 1.27 bits per heavy atom. The van der Waals surface area contributed by atoms with Crippen LogP contribution in [0.1, 0.15) is 18.4 Å². The molecule has 0 heterocycles. The van der Waals surface area contributed by atoms with Crippen molar-refractivity contribution in [2.24, 2.45) is 0 Å².